The third-order valence-corrected chi connectivity index (χ3v) is 4.08. The van der Waals surface area contributed by atoms with Crippen LogP contribution in [-0.4, -0.2) is 42.3 Å². The van der Waals surface area contributed by atoms with E-state index >= 15 is 0 Å². The molecule has 120 valence electrons. The molecular formula is C17H21N5O. The molecule has 0 bridgehead atoms. The van der Waals surface area contributed by atoms with Gasteiger partial charge in [-0.1, -0.05) is 0 Å². The highest BCUT2D eigenvalue weighted by atomic mass is 16.5. The number of ether oxygens (including phenoxy) is 1. The molecule has 0 atom stereocenters. The lowest BCUT2D eigenvalue weighted by atomic mass is 10.2. The van der Waals surface area contributed by atoms with E-state index in [1.807, 2.05) is 6.07 Å². The van der Waals surface area contributed by atoms with E-state index in [2.05, 4.69) is 49.8 Å². The Bertz CT molecular complexity index is 650. The molecule has 23 heavy (non-hydrogen) atoms. The summed E-state index contributed by atoms with van der Waals surface area (Å²) in [5.74, 6) is 1.50. The first-order chi connectivity index (χ1) is 11.4. The zero-order valence-electron chi connectivity index (χ0n) is 13.0. The van der Waals surface area contributed by atoms with Crippen LogP contribution in [0.4, 0.5) is 23.1 Å². The van der Waals surface area contributed by atoms with Gasteiger partial charge < -0.3 is 20.3 Å². The predicted molar refractivity (Wildman–Crippen MR) is 91.4 cm³/mol. The van der Waals surface area contributed by atoms with Crippen LogP contribution in [-0.2, 0) is 4.74 Å². The van der Waals surface area contributed by atoms with Gasteiger partial charge in [0.2, 0.25) is 5.95 Å². The van der Waals surface area contributed by atoms with E-state index in [0.717, 1.165) is 37.8 Å². The lowest BCUT2D eigenvalue weighted by molar-refractivity contribution is 0.122. The first-order valence-electron chi connectivity index (χ1n) is 8.16. The van der Waals surface area contributed by atoms with Crippen LogP contribution < -0.4 is 15.5 Å². The second-order valence-electron chi connectivity index (χ2n) is 5.96. The first kappa shape index (κ1) is 14.3. The van der Waals surface area contributed by atoms with Crippen molar-refractivity contribution in [3.63, 3.8) is 0 Å². The Kier molecular flexibility index (Phi) is 3.98. The molecule has 1 aliphatic heterocycles. The monoisotopic (exact) mass is 311 g/mol. The molecule has 0 unspecified atom stereocenters. The Morgan fingerprint density at radius 2 is 1.83 bits per heavy atom. The van der Waals surface area contributed by atoms with Gasteiger partial charge in [0.1, 0.15) is 5.82 Å². The number of nitrogens with one attached hydrogen (secondary N) is 2. The Labute approximate surface area is 135 Å². The molecule has 6 heteroatoms. The number of morpholine rings is 1. The lowest BCUT2D eigenvalue weighted by Gasteiger charge is -2.28. The zero-order chi connectivity index (χ0) is 15.5. The number of hydrogen-bond donors (Lipinski definition) is 2. The molecule has 0 amide bonds. The van der Waals surface area contributed by atoms with Crippen LogP contribution in [0.25, 0.3) is 0 Å². The van der Waals surface area contributed by atoms with Crippen LogP contribution in [0, 0.1) is 0 Å². The molecule has 0 radical (unpaired) electrons. The van der Waals surface area contributed by atoms with Gasteiger partial charge in [0.15, 0.2) is 0 Å². The molecule has 6 nitrogen and oxygen atoms in total. The van der Waals surface area contributed by atoms with E-state index in [-0.39, 0.29) is 0 Å². The van der Waals surface area contributed by atoms with Crippen LogP contribution in [0.3, 0.4) is 0 Å². The Morgan fingerprint density at radius 3 is 2.57 bits per heavy atom. The largest absolute Gasteiger partial charge is 0.378 e. The predicted octanol–water partition coefficient (Wildman–Crippen LogP) is 2.63. The fraction of sp³-hybridized carbons (Fsp3) is 0.412. The molecular weight excluding hydrogens is 290 g/mol. The van der Waals surface area contributed by atoms with Gasteiger partial charge in [0.25, 0.3) is 0 Å². The van der Waals surface area contributed by atoms with E-state index in [1.165, 1.54) is 18.5 Å². The molecule has 1 aromatic carbocycles. The minimum atomic E-state index is 0.588. The number of benzene rings is 1. The summed E-state index contributed by atoms with van der Waals surface area (Å²) < 4.78 is 5.39. The van der Waals surface area contributed by atoms with Crippen molar-refractivity contribution in [2.75, 3.05) is 41.8 Å². The van der Waals surface area contributed by atoms with E-state index in [1.54, 1.807) is 6.20 Å². The highest BCUT2D eigenvalue weighted by Crippen LogP contribution is 2.24. The van der Waals surface area contributed by atoms with E-state index in [4.69, 9.17) is 4.74 Å². The van der Waals surface area contributed by atoms with Crippen LogP contribution in [0.1, 0.15) is 12.8 Å². The average molecular weight is 311 g/mol. The molecule has 2 fully saturated rings. The summed E-state index contributed by atoms with van der Waals surface area (Å²) in [5.41, 5.74) is 2.22. The SMILES string of the molecule is c1cc(NC2CC2)nc(Nc2ccc(N3CCOCC3)cc2)n1. The molecule has 2 aliphatic rings. The van der Waals surface area contributed by atoms with Gasteiger partial charge >= 0.3 is 0 Å². The Balaban J connectivity index is 1.41. The highest BCUT2D eigenvalue weighted by molar-refractivity contribution is 5.60. The number of nitrogens with zero attached hydrogens (tertiary/aromatic N) is 3. The van der Waals surface area contributed by atoms with E-state index in [9.17, 15) is 0 Å². The second kappa shape index (κ2) is 6.42. The summed E-state index contributed by atoms with van der Waals surface area (Å²) in [5, 5.41) is 6.65. The average Bonchev–Trinajstić information content (AvgIpc) is 3.41. The number of hydrogen-bond acceptors (Lipinski definition) is 6. The number of anilines is 4. The molecule has 0 spiro atoms. The number of aromatic nitrogens is 2. The molecule has 1 saturated heterocycles. The Morgan fingerprint density at radius 1 is 1.04 bits per heavy atom. The quantitative estimate of drug-likeness (QED) is 0.885. The second-order valence-corrected chi connectivity index (χ2v) is 5.96. The van der Waals surface area contributed by atoms with Crippen molar-refractivity contribution < 1.29 is 4.74 Å². The van der Waals surface area contributed by atoms with Gasteiger partial charge in [-0.2, -0.15) is 4.98 Å². The summed E-state index contributed by atoms with van der Waals surface area (Å²) in [7, 11) is 0. The molecule has 2 heterocycles. The molecule has 1 aromatic heterocycles. The van der Waals surface area contributed by atoms with E-state index < -0.39 is 0 Å². The van der Waals surface area contributed by atoms with Crippen molar-refractivity contribution >= 4 is 23.1 Å². The summed E-state index contributed by atoms with van der Waals surface area (Å²) in [4.78, 5) is 11.1. The van der Waals surface area contributed by atoms with Gasteiger partial charge in [-0.3, -0.25) is 0 Å². The fourth-order valence-corrected chi connectivity index (χ4v) is 2.64. The Hall–Kier alpha value is -2.34. The molecule has 2 aromatic rings. The topological polar surface area (TPSA) is 62.3 Å². The molecule has 1 aliphatic carbocycles. The third kappa shape index (κ3) is 3.71. The van der Waals surface area contributed by atoms with Gasteiger partial charge in [-0.25, -0.2) is 4.98 Å². The van der Waals surface area contributed by atoms with Crippen molar-refractivity contribution in [2.24, 2.45) is 0 Å². The summed E-state index contributed by atoms with van der Waals surface area (Å²) in [6, 6.07) is 10.9. The third-order valence-electron chi connectivity index (χ3n) is 4.08. The smallest absolute Gasteiger partial charge is 0.229 e. The zero-order valence-corrected chi connectivity index (χ0v) is 13.0. The normalized spacial score (nSPS) is 17.8. The van der Waals surface area contributed by atoms with Gasteiger partial charge in [-0.15, -0.1) is 0 Å². The minimum absolute atomic E-state index is 0.588. The van der Waals surface area contributed by atoms with Crippen molar-refractivity contribution in [2.45, 2.75) is 18.9 Å². The van der Waals surface area contributed by atoms with Crippen LogP contribution in [0.2, 0.25) is 0 Å². The fourth-order valence-electron chi connectivity index (χ4n) is 2.64. The minimum Gasteiger partial charge on any atom is -0.378 e. The summed E-state index contributed by atoms with van der Waals surface area (Å²) in [6.07, 6.45) is 4.24. The van der Waals surface area contributed by atoms with E-state index in [0.29, 0.717) is 12.0 Å². The maximum atomic E-state index is 5.39. The number of rotatable bonds is 5. The van der Waals surface area contributed by atoms with Gasteiger partial charge in [0, 0.05) is 36.7 Å². The maximum absolute atomic E-state index is 5.39. The van der Waals surface area contributed by atoms with Crippen molar-refractivity contribution in [1.82, 2.24) is 9.97 Å². The van der Waals surface area contributed by atoms with Crippen LogP contribution in [0.5, 0.6) is 0 Å². The van der Waals surface area contributed by atoms with Crippen molar-refractivity contribution in [1.29, 1.82) is 0 Å². The van der Waals surface area contributed by atoms with Crippen LogP contribution >= 0.6 is 0 Å². The van der Waals surface area contributed by atoms with Crippen molar-refractivity contribution in [3.8, 4) is 0 Å². The van der Waals surface area contributed by atoms with Crippen molar-refractivity contribution in [3.05, 3.63) is 36.5 Å². The summed E-state index contributed by atoms with van der Waals surface area (Å²) in [6.45, 7) is 3.50. The summed E-state index contributed by atoms with van der Waals surface area (Å²) >= 11 is 0. The van der Waals surface area contributed by atoms with Crippen LogP contribution in [0.15, 0.2) is 36.5 Å². The maximum Gasteiger partial charge on any atom is 0.229 e. The van der Waals surface area contributed by atoms with Gasteiger partial charge in [-0.05, 0) is 43.2 Å². The molecule has 2 N–H and O–H groups in total. The highest BCUT2D eigenvalue weighted by Gasteiger charge is 2.21. The lowest BCUT2D eigenvalue weighted by Crippen LogP contribution is -2.36. The van der Waals surface area contributed by atoms with Gasteiger partial charge in [0.05, 0.1) is 13.2 Å². The standard InChI is InChI=1S/C17H21N5O/c1-2-13(1)19-16-7-8-18-17(21-16)20-14-3-5-15(6-4-14)22-9-11-23-12-10-22/h3-8,13H,1-2,9-12H2,(H2,18,19,20,21). The molecule has 4 rings (SSSR count). The molecule has 1 saturated carbocycles. The first-order valence-corrected chi connectivity index (χ1v) is 8.16.